The highest BCUT2D eigenvalue weighted by atomic mass is 32.2. The van der Waals surface area contributed by atoms with Crippen molar-refractivity contribution in [1.82, 2.24) is 15.5 Å². The third kappa shape index (κ3) is 2.25. The molecule has 5 nitrogen and oxygen atoms in total. The number of aryl methyl sites for hydroxylation is 1. The summed E-state index contributed by atoms with van der Waals surface area (Å²) < 4.78 is 4.96. The predicted molar refractivity (Wildman–Crippen MR) is 55.2 cm³/mol. The molecule has 14 heavy (non-hydrogen) atoms. The fourth-order valence-electron chi connectivity index (χ4n) is 1.14. The second-order valence-corrected chi connectivity index (χ2v) is 4.59. The molecule has 0 aromatic carbocycles. The topological polar surface area (TPSA) is 63.3 Å². The average molecular weight is 212 g/mol. The van der Waals surface area contributed by atoms with Crippen LogP contribution in [0, 0.1) is 6.92 Å². The number of aromatic nitrogens is 2. The van der Waals surface area contributed by atoms with Crippen molar-refractivity contribution >= 4 is 16.9 Å². The molecule has 2 heterocycles. The van der Waals surface area contributed by atoms with Crippen LogP contribution in [-0.4, -0.2) is 27.1 Å². The van der Waals surface area contributed by atoms with E-state index in [4.69, 9.17) is 4.52 Å². The van der Waals surface area contributed by atoms with Gasteiger partial charge in [-0.05, 0) is 6.92 Å². The number of aliphatic imine (C=N–C) groups is 1. The second kappa shape index (κ2) is 4.00. The molecule has 1 aliphatic rings. The van der Waals surface area contributed by atoms with Crippen molar-refractivity contribution in [2.45, 2.75) is 25.6 Å². The number of hydrogen-bond acceptors (Lipinski definition) is 6. The van der Waals surface area contributed by atoms with E-state index in [9.17, 15) is 0 Å². The summed E-state index contributed by atoms with van der Waals surface area (Å²) in [7, 11) is 0. The minimum absolute atomic E-state index is 0.555. The van der Waals surface area contributed by atoms with Gasteiger partial charge in [-0.3, -0.25) is 4.99 Å². The van der Waals surface area contributed by atoms with E-state index in [0.29, 0.717) is 23.5 Å². The van der Waals surface area contributed by atoms with Crippen molar-refractivity contribution in [1.29, 1.82) is 0 Å². The summed E-state index contributed by atoms with van der Waals surface area (Å²) in [5.74, 6) is 1.27. The van der Waals surface area contributed by atoms with Crippen LogP contribution in [0.1, 0.15) is 18.6 Å². The van der Waals surface area contributed by atoms with E-state index in [1.807, 2.05) is 0 Å². The molecule has 6 heteroatoms. The van der Waals surface area contributed by atoms with Gasteiger partial charge in [0.15, 0.2) is 11.0 Å². The van der Waals surface area contributed by atoms with Crippen molar-refractivity contribution in [2.75, 3.05) is 6.54 Å². The highest BCUT2D eigenvalue weighted by Gasteiger charge is 2.15. The van der Waals surface area contributed by atoms with Crippen LogP contribution in [0.15, 0.2) is 9.52 Å². The van der Waals surface area contributed by atoms with Gasteiger partial charge < -0.3 is 9.84 Å². The molecule has 2 rings (SSSR count). The van der Waals surface area contributed by atoms with E-state index >= 15 is 0 Å². The molecule has 76 valence electrons. The quantitative estimate of drug-likeness (QED) is 0.791. The van der Waals surface area contributed by atoms with Crippen LogP contribution in [0.4, 0.5) is 0 Å². The average Bonchev–Trinajstić information content (AvgIpc) is 2.72. The van der Waals surface area contributed by atoms with E-state index in [1.165, 1.54) is 0 Å². The molecular formula is C8H12N4OS. The Labute approximate surface area is 86.4 Å². The van der Waals surface area contributed by atoms with E-state index in [1.54, 1.807) is 18.7 Å². The molecule has 0 spiro atoms. The van der Waals surface area contributed by atoms with Crippen LogP contribution >= 0.6 is 11.8 Å². The van der Waals surface area contributed by atoms with Gasteiger partial charge in [0.1, 0.15) is 0 Å². The van der Waals surface area contributed by atoms with Crippen molar-refractivity contribution < 1.29 is 4.52 Å². The van der Waals surface area contributed by atoms with Gasteiger partial charge in [0.05, 0.1) is 13.1 Å². The van der Waals surface area contributed by atoms with Crippen LogP contribution in [0.3, 0.4) is 0 Å². The van der Waals surface area contributed by atoms with Crippen molar-refractivity contribution in [3.63, 3.8) is 0 Å². The number of thioether (sulfide) groups is 1. The minimum Gasteiger partial charge on any atom is -0.356 e. The van der Waals surface area contributed by atoms with Crippen molar-refractivity contribution in [2.24, 2.45) is 4.99 Å². The normalized spacial score (nSPS) is 21.0. The number of nitrogens with zero attached hydrogens (tertiary/aromatic N) is 3. The number of rotatable bonds is 2. The Morgan fingerprint density at radius 3 is 3.07 bits per heavy atom. The fourth-order valence-corrected chi connectivity index (χ4v) is 1.97. The van der Waals surface area contributed by atoms with Gasteiger partial charge in [-0.2, -0.15) is 4.98 Å². The van der Waals surface area contributed by atoms with E-state index in [2.05, 4.69) is 27.4 Å². The Balaban J connectivity index is 1.83. The number of nitrogens with one attached hydrogen (secondary N) is 1. The number of amidine groups is 1. The fraction of sp³-hybridized carbons (Fsp3) is 0.625. The Bertz CT molecular complexity index is 349. The zero-order chi connectivity index (χ0) is 9.97. The Kier molecular flexibility index (Phi) is 2.72. The molecule has 1 N–H and O–H groups in total. The molecule has 1 aromatic rings. The molecule has 1 aliphatic heterocycles. The zero-order valence-corrected chi connectivity index (χ0v) is 8.97. The van der Waals surface area contributed by atoms with Gasteiger partial charge >= 0.3 is 0 Å². The summed E-state index contributed by atoms with van der Waals surface area (Å²) in [4.78, 5) is 8.40. The molecule has 0 bridgehead atoms. The first-order chi connectivity index (χ1) is 6.74. The Morgan fingerprint density at radius 2 is 2.50 bits per heavy atom. The first kappa shape index (κ1) is 9.51. The predicted octanol–water partition coefficient (Wildman–Crippen LogP) is 0.959. The molecule has 1 atom stereocenters. The lowest BCUT2D eigenvalue weighted by molar-refractivity contribution is 0.372. The second-order valence-electron chi connectivity index (χ2n) is 3.16. The minimum atomic E-state index is 0.555. The molecule has 0 amide bonds. The lowest BCUT2D eigenvalue weighted by atomic mass is 10.5. The van der Waals surface area contributed by atoms with Crippen LogP contribution in [0.5, 0.6) is 0 Å². The third-order valence-corrected chi connectivity index (χ3v) is 2.81. The highest BCUT2D eigenvalue weighted by molar-refractivity contribution is 8.14. The molecule has 0 saturated heterocycles. The van der Waals surface area contributed by atoms with Gasteiger partial charge in [0.2, 0.25) is 5.89 Å². The summed E-state index contributed by atoms with van der Waals surface area (Å²) in [5, 5.41) is 8.40. The van der Waals surface area contributed by atoms with E-state index < -0.39 is 0 Å². The standard InChI is InChI=1S/C8H12N4OS/c1-5-3-9-8(14-5)10-4-7-11-6(2)12-13-7/h5H,3-4H2,1-2H3,(H,9,10). The van der Waals surface area contributed by atoms with Gasteiger partial charge in [0.25, 0.3) is 0 Å². The summed E-state index contributed by atoms with van der Waals surface area (Å²) in [6.07, 6.45) is 0. The van der Waals surface area contributed by atoms with Gasteiger partial charge in [-0.25, -0.2) is 0 Å². The van der Waals surface area contributed by atoms with Crippen molar-refractivity contribution in [3.05, 3.63) is 11.7 Å². The van der Waals surface area contributed by atoms with Gasteiger partial charge in [-0.1, -0.05) is 23.8 Å². The summed E-state index contributed by atoms with van der Waals surface area (Å²) in [5.41, 5.74) is 0. The maximum atomic E-state index is 4.96. The summed E-state index contributed by atoms with van der Waals surface area (Å²) in [6, 6.07) is 0. The molecule has 0 aliphatic carbocycles. The van der Waals surface area contributed by atoms with Crippen LogP contribution in [-0.2, 0) is 6.54 Å². The molecular weight excluding hydrogens is 200 g/mol. The monoisotopic (exact) mass is 212 g/mol. The first-order valence-electron chi connectivity index (χ1n) is 4.48. The number of hydrogen-bond donors (Lipinski definition) is 1. The lowest BCUT2D eigenvalue weighted by Crippen LogP contribution is -2.18. The molecule has 1 unspecified atom stereocenters. The Hall–Kier alpha value is -1.04. The van der Waals surface area contributed by atoms with Crippen LogP contribution in [0.2, 0.25) is 0 Å². The van der Waals surface area contributed by atoms with Gasteiger partial charge in [-0.15, -0.1) is 0 Å². The summed E-state index contributed by atoms with van der Waals surface area (Å²) in [6.45, 7) is 5.39. The molecule has 0 radical (unpaired) electrons. The molecule has 0 saturated carbocycles. The van der Waals surface area contributed by atoms with E-state index in [-0.39, 0.29) is 0 Å². The van der Waals surface area contributed by atoms with E-state index in [0.717, 1.165) is 11.7 Å². The summed E-state index contributed by atoms with van der Waals surface area (Å²) >= 11 is 1.74. The third-order valence-electron chi connectivity index (χ3n) is 1.77. The van der Waals surface area contributed by atoms with Crippen LogP contribution < -0.4 is 5.32 Å². The smallest absolute Gasteiger partial charge is 0.245 e. The largest absolute Gasteiger partial charge is 0.356 e. The Morgan fingerprint density at radius 1 is 1.64 bits per heavy atom. The van der Waals surface area contributed by atoms with Gasteiger partial charge in [0, 0.05) is 5.25 Å². The highest BCUT2D eigenvalue weighted by Crippen LogP contribution is 2.18. The lowest BCUT2D eigenvalue weighted by Gasteiger charge is -2.01. The first-order valence-corrected chi connectivity index (χ1v) is 5.36. The zero-order valence-electron chi connectivity index (χ0n) is 8.15. The molecule has 1 aromatic heterocycles. The SMILES string of the molecule is Cc1noc(CNC2=NCC(C)S2)n1. The maximum Gasteiger partial charge on any atom is 0.245 e. The molecule has 0 fully saturated rings. The maximum absolute atomic E-state index is 4.96. The van der Waals surface area contributed by atoms with Crippen LogP contribution in [0.25, 0.3) is 0 Å². The van der Waals surface area contributed by atoms with Crippen molar-refractivity contribution in [3.8, 4) is 0 Å².